The van der Waals surface area contributed by atoms with Crippen molar-refractivity contribution < 1.29 is 14.7 Å². The molecule has 0 aliphatic rings. The number of nitrogens with two attached hydrogens (primary N) is 1. The van der Waals surface area contributed by atoms with Crippen molar-refractivity contribution in [1.29, 1.82) is 0 Å². The highest BCUT2D eigenvalue weighted by Crippen LogP contribution is 2.24. The van der Waals surface area contributed by atoms with Gasteiger partial charge in [0.25, 0.3) is 5.91 Å². The first kappa shape index (κ1) is 16.5. The van der Waals surface area contributed by atoms with Crippen molar-refractivity contribution in [2.24, 2.45) is 5.73 Å². The number of nitrogens with zero attached hydrogens (tertiary/aromatic N) is 1. The molecule has 1 atom stereocenters. The summed E-state index contributed by atoms with van der Waals surface area (Å²) in [6.45, 7) is 2.09. The zero-order valence-corrected chi connectivity index (χ0v) is 12.4. The molecular formula is C10H16ClIN2O3. The Balaban J connectivity index is 5.14. The first-order valence-electron chi connectivity index (χ1n) is 5.13. The molecule has 1 unspecified atom stereocenters. The van der Waals surface area contributed by atoms with Gasteiger partial charge in [0.15, 0.2) is 0 Å². The fraction of sp³-hybridized carbons (Fsp3) is 0.600. The number of unbranched alkanes of at least 4 members (excludes halogenated alkanes) is 1. The minimum absolute atomic E-state index is 0.170. The van der Waals surface area contributed by atoms with E-state index in [2.05, 4.69) is 22.6 Å². The van der Waals surface area contributed by atoms with E-state index in [1.807, 2.05) is 6.92 Å². The predicted molar refractivity (Wildman–Crippen MR) is 75.4 cm³/mol. The fourth-order valence-electron chi connectivity index (χ4n) is 1.22. The first-order valence-corrected chi connectivity index (χ1v) is 7.03. The van der Waals surface area contributed by atoms with Gasteiger partial charge in [0, 0.05) is 11.0 Å². The van der Waals surface area contributed by atoms with E-state index in [4.69, 9.17) is 22.4 Å². The van der Waals surface area contributed by atoms with Gasteiger partial charge in [-0.05, 0) is 12.5 Å². The third kappa shape index (κ3) is 4.71. The molecule has 0 fully saturated rings. The molecule has 0 aliphatic heterocycles. The summed E-state index contributed by atoms with van der Waals surface area (Å²) in [4.78, 5) is 21.6. The van der Waals surface area contributed by atoms with Gasteiger partial charge >= 0.3 is 6.09 Å². The zero-order valence-electron chi connectivity index (χ0n) is 9.53. The van der Waals surface area contributed by atoms with E-state index in [1.54, 1.807) is 6.08 Å². The summed E-state index contributed by atoms with van der Waals surface area (Å²) in [7, 11) is 0. The van der Waals surface area contributed by atoms with Crippen LogP contribution in [-0.2, 0) is 4.79 Å². The number of carbonyl (C=O) groups excluding carboxylic acids is 1. The van der Waals surface area contributed by atoms with Crippen LogP contribution >= 0.6 is 34.2 Å². The summed E-state index contributed by atoms with van der Waals surface area (Å²) >= 11 is 8.09. The van der Waals surface area contributed by atoms with Crippen LogP contribution < -0.4 is 5.73 Å². The van der Waals surface area contributed by atoms with Crippen LogP contribution in [0.2, 0.25) is 0 Å². The second-order valence-electron chi connectivity index (χ2n) is 3.38. The summed E-state index contributed by atoms with van der Waals surface area (Å²) in [5.41, 5.74) is 5.19. The topological polar surface area (TPSA) is 83.6 Å². The highest BCUT2D eigenvalue weighted by molar-refractivity contribution is 14.1. The number of carbonyl (C=O) groups is 2. The predicted octanol–water partition coefficient (Wildman–Crippen LogP) is 2.18. The molecule has 17 heavy (non-hydrogen) atoms. The molecule has 3 N–H and O–H groups in total. The van der Waals surface area contributed by atoms with Crippen molar-refractivity contribution in [1.82, 2.24) is 4.90 Å². The lowest BCUT2D eigenvalue weighted by molar-refractivity contribution is -0.122. The molecule has 0 saturated carbocycles. The molecule has 0 heterocycles. The Kier molecular flexibility index (Phi) is 7.53. The Labute approximate surface area is 119 Å². The normalized spacial score (nSPS) is 14.5. The van der Waals surface area contributed by atoms with Crippen molar-refractivity contribution in [2.75, 3.05) is 11.0 Å². The van der Waals surface area contributed by atoms with Gasteiger partial charge in [-0.1, -0.05) is 53.6 Å². The number of alkyl halides is 2. The number of halogens is 2. The summed E-state index contributed by atoms with van der Waals surface area (Å²) in [5.74, 6) is -0.890. The van der Waals surface area contributed by atoms with Gasteiger partial charge < -0.3 is 10.8 Å². The average molecular weight is 375 g/mol. The molecule has 7 heteroatoms. The molecule has 0 rings (SSSR count). The Morgan fingerprint density at radius 1 is 1.59 bits per heavy atom. The summed E-state index contributed by atoms with van der Waals surface area (Å²) < 4.78 is 0.612. The van der Waals surface area contributed by atoms with Gasteiger partial charge in [0.2, 0.25) is 5.00 Å². The lowest BCUT2D eigenvalue weighted by Gasteiger charge is -2.32. The Bertz CT molecular complexity index is 312. The molecule has 0 aromatic carbocycles. The van der Waals surface area contributed by atoms with E-state index in [9.17, 15) is 9.59 Å². The summed E-state index contributed by atoms with van der Waals surface area (Å²) in [6.07, 6.45) is 3.09. The lowest BCUT2D eigenvalue weighted by atomic mass is 10.2. The van der Waals surface area contributed by atoms with E-state index in [0.29, 0.717) is 10.8 Å². The average Bonchev–Trinajstić information content (AvgIpc) is 2.26. The maximum atomic E-state index is 11.4. The number of hydrogen-bond acceptors (Lipinski definition) is 2. The number of allylic oxidation sites excluding steroid dienone is 1. The van der Waals surface area contributed by atoms with Gasteiger partial charge in [-0.25, -0.2) is 4.79 Å². The Morgan fingerprint density at radius 2 is 2.18 bits per heavy atom. The Hall–Kier alpha value is -0.500. The highest BCUT2D eigenvalue weighted by Gasteiger charge is 2.41. The molecule has 0 aromatic heterocycles. The molecule has 0 spiro atoms. The van der Waals surface area contributed by atoms with Crippen LogP contribution in [0.1, 0.15) is 19.8 Å². The van der Waals surface area contributed by atoms with Crippen LogP contribution in [0, 0.1) is 0 Å². The number of amides is 2. The molecule has 0 saturated heterocycles. The van der Waals surface area contributed by atoms with Crippen molar-refractivity contribution in [3.63, 3.8) is 0 Å². The summed E-state index contributed by atoms with van der Waals surface area (Å²) in [5, 5.41) is 9.08. The van der Waals surface area contributed by atoms with Gasteiger partial charge in [-0.15, -0.1) is 0 Å². The monoisotopic (exact) mass is 374 g/mol. The van der Waals surface area contributed by atoms with Crippen molar-refractivity contribution in [2.45, 2.75) is 24.8 Å². The van der Waals surface area contributed by atoms with Gasteiger partial charge in [0.1, 0.15) is 0 Å². The number of hydrogen-bond donors (Lipinski definition) is 2. The summed E-state index contributed by atoms with van der Waals surface area (Å²) in [6, 6.07) is 0. The van der Waals surface area contributed by atoms with E-state index >= 15 is 0 Å². The molecule has 0 radical (unpaired) electrons. The maximum Gasteiger partial charge on any atom is 0.409 e. The van der Waals surface area contributed by atoms with Crippen LogP contribution in [0.3, 0.4) is 0 Å². The molecule has 0 bridgehead atoms. The molecular weight excluding hydrogens is 358 g/mol. The van der Waals surface area contributed by atoms with Crippen LogP contribution in [0.4, 0.5) is 4.79 Å². The van der Waals surface area contributed by atoms with Crippen LogP contribution in [0.25, 0.3) is 0 Å². The van der Waals surface area contributed by atoms with Gasteiger partial charge in [-0.3, -0.25) is 9.69 Å². The largest absolute Gasteiger partial charge is 0.465 e. The number of carboxylic acid groups (broad SMARTS) is 1. The Morgan fingerprint density at radius 3 is 2.53 bits per heavy atom. The van der Waals surface area contributed by atoms with Crippen molar-refractivity contribution in [3.05, 3.63) is 12.2 Å². The minimum Gasteiger partial charge on any atom is -0.465 e. The van der Waals surface area contributed by atoms with E-state index < -0.39 is 17.0 Å². The lowest BCUT2D eigenvalue weighted by Crippen LogP contribution is -2.54. The highest BCUT2D eigenvalue weighted by atomic mass is 127. The second-order valence-corrected chi connectivity index (χ2v) is 4.84. The van der Waals surface area contributed by atoms with Gasteiger partial charge in [-0.2, -0.15) is 0 Å². The third-order valence-electron chi connectivity index (χ3n) is 2.13. The number of rotatable bonds is 7. The van der Waals surface area contributed by atoms with Crippen LogP contribution in [0.15, 0.2) is 12.2 Å². The molecule has 98 valence electrons. The van der Waals surface area contributed by atoms with Gasteiger partial charge in [0.05, 0.1) is 0 Å². The third-order valence-corrected chi connectivity index (χ3v) is 3.16. The molecule has 0 aromatic rings. The van der Waals surface area contributed by atoms with E-state index in [1.165, 1.54) is 6.08 Å². The smallest absolute Gasteiger partial charge is 0.409 e. The quantitative estimate of drug-likeness (QED) is 0.310. The van der Waals surface area contributed by atoms with Crippen LogP contribution in [-0.4, -0.2) is 38.0 Å². The molecule has 5 nitrogen and oxygen atoms in total. The van der Waals surface area contributed by atoms with E-state index in [-0.39, 0.29) is 6.54 Å². The second kappa shape index (κ2) is 7.75. The fourth-order valence-corrected chi connectivity index (χ4v) is 1.72. The van der Waals surface area contributed by atoms with Crippen LogP contribution in [0.5, 0.6) is 0 Å². The minimum atomic E-state index is -1.80. The first-order chi connectivity index (χ1) is 7.90. The van der Waals surface area contributed by atoms with E-state index in [0.717, 1.165) is 11.3 Å². The maximum absolute atomic E-state index is 11.4. The molecule has 0 aliphatic carbocycles. The van der Waals surface area contributed by atoms with Crippen molar-refractivity contribution in [3.8, 4) is 0 Å². The standard InChI is InChI=1S/C10H16ClIN2O3/c1-2-3-7-14(9(16)17)10(11,8(13)15)5-4-6-12/h4-5H,2-3,6-7H2,1H3,(H2,13,15)(H,16,17). The zero-order chi connectivity index (χ0) is 13.5. The number of primary amides is 1. The van der Waals surface area contributed by atoms with Crippen molar-refractivity contribution >= 4 is 46.2 Å². The molecule has 2 amide bonds. The SMILES string of the molecule is CCCCN(C(=O)O)C(Cl)(C=CCI)C(N)=O.